The van der Waals surface area contributed by atoms with Crippen LogP contribution in [0.25, 0.3) is 0 Å². The first kappa shape index (κ1) is 15.9. The van der Waals surface area contributed by atoms with E-state index in [1.165, 1.54) is 0 Å². The zero-order valence-corrected chi connectivity index (χ0v) is 13.0. The highest BCUT2D eigenvalue weighted by Gasteiger charge is 2.29. The van der Waals surface area contributed by atoms with E-state index < -0.39 is 10.0 Å². The Morgan fingerprint density at radius 3 is 2.17 bits per heavy atom. The third kappa shape index (κ3) is 4.52. The summed E-state index contributed by atoms with van der Waals surface area (Å²) in [7, 11) is -3.04. The summed E-state index contributed by atoms with van der Waals surface area (Å²) in [6.07, 6.45) is 1.97. The Labute approximate surface area is 112 Å². The van der Waals surface area contributed by atoms with Gasteiger partial charge in [-0.3, -0.25) is 0 Å². The third-order valence-electron chi connectivity index (χ3n) is 3.51. The topological polar surface area (TPSA) is 49.4 Å². The van der Waals surface area contributed by atoms with Gasteiger partial charge in [0.1, 0.15) is 0 Å². The molecule has 0 unspecified atom stereocenters. The maximum Gasteiger partial charge on any atom is 0.216 e. The molecule has 0 aromatic heterocycles. The fourth-order valence-corrected chi connectivity index (χ4v) is 3.56. The average Bonchev–Trinajstić information content (AvgIpc) is 2.29. The molecule has 1 aliphatic heterocycles. The predicted octanol–water partition coefficient (Wildman–Crippen LogP) is 1.68. The van der Waals surface area contributed by atoms with Gasteiger partial charge in [-0.15, -0.1) is 0 Å². The van der Waals surface area contributed by atoms with Gasteiger partial charge in [0.05, 0.1) is 5.25 Å². The molecule has 1 rings (SSSR count). The van der Waals surface area contributed by atoms with Crippen LogP contribution < -0.4 is 5.32 Å². The SMILES string of the molecule is CC(C)CNCC1CCN(S(=O)(=O)C(C)C)CC1. The molecule has 1 saturated heterocycles. The lowest BCUT2D eigenvalue weighted by Crippen LogP contribution is -2.43. The van der Waals surface area contributed by atoms with Gasteiger partial charge in [0.25, 0.3) is 0 Å². The molecule has 0 bridgehead atoms. The minimum atomic E-state index is -3.04. The van der Waals surface area contributed by atoms with Gasteiger partial charge < -0.3 is 5.32 Å². The lowest BCUT2D eigenvalue weighted by molar-refractivity contribution is 0.264. The van der Waals surface area contributed by atoms with Crippen LogP contribution in [0, 0.1) is 11.8 Å². The molecule has 0 amide bonds. The van der Waals surface area contributed by atoms with Gasteiger partial charge in [0, 0.05) is 13.1 Å². The van der Waals surface area contributed by atoms with E-state index in [9.17, 15) is 8.42 Å². The van der Waals surface area contributed by atoms with Gasteiger partial charge in [-0.1, -0.05) is 13.8 Å². The molecule has 0 spiro atoms. The summed E-state index contributed by atoms with van der Waals surface area (Å²) in [5, 5.41) is 3.16. The molecule has 5 heteroatoms. The fourth-order valence-electron chi connectivity index (χ4n) is 2.24. The Morgan fingerprint density at radius 1 is 1.17 bits per heavy atom. The summed E-state index contributed by atoms with van der Waals surface area (Å²) >= 11 is 0. The Kier molecular flexibility index (Phi) is 6.08. The number of rotatable bonds is 6. The monoisotopic (exact) mass is 276 g/mol. The highest BCUT2D eigenvalue weighted by atomic mass is 32.2. The third-order valence-corrected chi connectivity index (χ3v) is 5.79. The Morgan fingerprint density at radius 2 is 1.72 bits per heavy atom. The second-order valence-corrected chi connectivity index (χ2v) is 8.48. The molecule has 0 aromatic carbocycles. The Hall–Kier alpha value is -0.130. The molecule has 1 heterocycles. The quantitative estimate of drug-likeness (QED) is 0.803. The van der Waals surface area contributed by atoms with Crippen molar-refractivity contribution < 1.29 is 8.42 Å². The summed E-state index contributed by atoms with van der Waals surface area (Å²) in [5.41, 5.74) is 0. The highest BCUT2D eigenvalue weighted by molar-refractivity contribution is 7.89. The number of hydrogen-bond acceptors (Lipinski definition) is 3. The molecule has 18 heavy (non-hydrogen) atoms. The van der Waals surface area contributed by atoms with Crippen molar-refractivity contribution in [2.75, 3.05) is 26.2 Å². The van der Waals surface area contributed by atoms with Crippen LogP contribution in [0.5, 0.6) is 0 Å². The molecule has 0 aromatic rings. The molecule has 0 saturated carbocycles. The highest BCUT2D eigenvalue weighted by Crippen LogP contribution is 2.21. The van der Waals surface area contributed by atoms with Crippen molar-refractivity contribution >= 4 is 10.0 Å². The van der Waals surface area contributed by atoms with Gasteiger partial charge in [0.15, 0.2) is 0 Å². The van der Waals surface area contributed by atoms with E-state index in [1.54, 1.807) is 18.2 Å². The van der Waals surface area contributed by atoms with Crippen LogP contribution in [0.1, 0.15) is 40.5 Å². The van der Waals surface area contributed by atoms with Gasteiger partial charge in [-0.2, -0.15) is 0 Å². The minimum absolute atomic E-state index is 0.298. The normalized spacial score (nSPS) is 19.9. The van der Waals surface area contributed by atoms with Crippen molar-refractivity contribution in [3.05, 3.63) is 0 Å². The van der Waals surface area contributed by atoms with E-state index in [2.05, 4.69) is 19.2 Å². The van der Waals surface area contributed by atoms with Crippen molar-refractivity contribution in [2.24, 2.45) is 11.8 Å². The van der Waals surface area contributed by atoms with E-state index in [4.69, 9.17) is 0 Å². The standard InChI is InChI=1S/C13H28N2O2S/c1-11(2)9-14-10-13-5-7-15(8-6-13)18(16,17)12(3)4/h11-14H,5-10H2,1-4H3. The molecule has 0 aliphatic carbocycles. The molecule has 1 aliphatic rings. The molecule has 0 atom stereocenters. The van der Waals surface area contributed by atoms with Crippen LogP contribution in [-0.4, -0.2) is 44.2 Å². The van der Waals surface area contributed by atoms with Crippen LogP contribution in [-0.2, 0) is 10.0 Å². The summed E-state index contributed by atoms with van der Waals surface area (Å²) in [4.78, 5) is 0. The summed E-state index contributed by atoms with van der Waals surface area (Å²) in [5.74, 6) is 1.30. The fraction of sp³-hybridized carbons (Fsp3) is 1.00. The van der Waals surface area contributed by atoms with E-state index >= 15 is 0 Å². The first-order valence-corrected chi connectivity index (χ1v) is 8.54. The Balaban J connectivity index is 2.33. The maximum absolute atomic E-state index is 12.0. The van der Waals surface area contributed by atoms with Gasteiger partial charge in [0.2, 0.25) is 10.0 Å². The van der Waals surface area contributed by atoms with Crippen molar-refractivity contribution in [3.8, 4) is 0 Å². The number of piperidine rings is 1. The zero-order chi connectivity index (χ0) is 13.8. The number of sulfonamides is 1. The van der Waals surface area contributed by atoms with Crippen molar-refractivity contribution in [1.82, 2.24) is 9.62 Å². The molecule has 4 nitrogen and oxygen atoms in total. The van der Waals surface area contributed by atoms with Gasteiger partial charge in [-0.05, 0) is 51.6 Å². The molecule has 0 radical (unpaired) electrons. The maximum atomic E-state index is 12.0. The van der Waals surface area contributed by atoms with E-state index in [0.29, 0.717) is 24.9 Å². The number of nitrogens with zero attached hydrogens (tertiary/aromatic N) is 1. The van der Waals surface area contributed by atoms with E-state index in [0.717, 1.165) is 25.9 Å². The number of nitrogens with one attached hydrogen (secondary N) is 1. The second-order valence-electron chi connectivity index (χ2n) is 5.99. The first-order chi connectivity index (χ1) is 8.34. The van der Waals surface area contributed by atoms with Gasteiger partial charge >= 0.3 is 0 Å². The molecular formula is C13H28N2O2S. The van der Waals surface area contributed by atoms with E-state index in [1.807, 2.05) is 0 Å². The minimum Gasteiger partial charge on any atom is -0.316 e. The summed E-state index contributed by atoms with van der Waals surface area (Å²) in [6, 6.07) is 0. The largest absolute Gasteiger partial charge is 0.316 e. The summed E-state index contributed by atoms with van der Waals surface area (Å²) in [6.45, 7) is 11.4. The van der Waals surface area contributed by atoms with Crippen LogP contribution in [0.3, 0.4) is 0 Å². The molecule has 1 N–H and O–H groups in total. The Bertz CT molecular complexity index is 331. The summed E-state index contributed by atoms with van der Waals surface area (Å²) < 4.78 is 25.7. The molecule has 108 valence electrons. The second kappa shape index (κ2) is 6.87. The molecular weight excluding hydrogens is 248 g/mol. The van der Waals surface area contributed by atoms with Crippen molar-refractivity contribution in [1.29, 1.82) is 0 Å². The van der Waals surface area contributed by atoms with Crippen molar-refractivity contribution in [2.45, 2.75) is 45.8 Å². The smallest absolute Gasteiger partial charge is 0.216 e. The van der Waals surface area contributed by atoms with Crippen LogP contribution >= 0.6 is 0 Å². The van der Waals surface area contributed by atoms with Crippen LogP contribution in [0.15, 0.2) is 0 Å². The van der Waals surface area contributed by atoms with Crippen LogP contribution in [0.4, 0.5) is 0 Å². The predicted molar refractivity (Wildman–Crippen MR) is 76.1 cm³/mol. The number of hydrogen-bond donors (Lipinski definition) is 1. The van der Waals surface area contributed by atoms with E-state index in [-0.39, 0.29) is 5.25 Å². The van der Waals surface area contributed by atoms with Crippen LogP contribution in [0.2, 0.25) is 0 Å². The first-order valence-electron chi connectivity index (χ1n) is 7.03. The molecule has 1 fully saturated rings. The van der Waals surface area contributed by atoms with Gasteiger partial charge in [-0.25, -0.2) is 12.7 Å². The lowest BCUT2D eigenvalue weighted by atomic mass is 9.98. The lowest BCUT2D eigenvalue weighted by Gasteiger charge is -2.32. The zero-order valence-electron chi connectivity index (χ0n) is 12.1. The van der Waals surface area contributed by atoms with Crippen molar-refractivity contribution in [3.63, 3.8) is 0 Å². The average molecular weight is 276 g/mol.